The van der Waals surface area contributed by atoms with Crippen molar-refractivity contribution in [1.29, 1.82) is 0 Å². The monoisotopic (exact) mass is 480 g/mol. The first-order chi connectivity index (χ1) is 14.7. The normalized spacial score (nSPS) is 10.6. The summed E-state index contributed by atoms with van der Waals surface area (Å²) in [6, 6.07) is 26.9. The molecule has 0 aliphatic carbocycles. The third-order valence-electron chi connectivity index (χ3n) is 4.07. The van der Waals surface area contributed by atoms with E-state index in [1.165, 1.54) is 11.8 Å². The van der Waals surface area contributed by atoms with Crippen LogP contribution < -0.4 is 10.4 Å². The molecule has 0 aliphatic rings. The van der Waals surface area contributed by atoms with Crippen LogP contribution in [0.15, 0.2) is 99.0 Å². The number of amides is 1. The first kappa shape index (κ1) is 20.2. The summed E-state index contributed by atoms with van der Waals surface area (Å²) in [5.41, 5.74) is 5.47. The molecule has 0 spiro atoms. The number of benzene rings is 3. The molecular formula is C22H17BrN4O2S. The largest absolute Gasteiger partial charge is 0.411 e. The average Bonchev–Trinajstić information content (AvgIpc) is 3.26. The van der Waals surface area contributed by atoms with Crippen LogP contribution in [0.3, 0.4) is 0 Å². The maximum Gasteiger partial charge on any atom is 0.277 e. The topological polar surface area (TPSA) is 71.3 Å². The van der Waals surface area contributed by atoms with Gasteiger partial charge in [-0.2, -0.15) is 0 Å². The van der Waals surface area contributed by atoms with Crippen molar-refractivity contribution in [3.05, 3.63) is 89.4 Å². The number of thioether (sulfide) groups is 1. The first-order valence-corrected chi connectivity index (χ1v) is 10.9. The number of hydrogen-bond acceptors (Lipinski definition) is 6. The van der Waals surface area contributed by atoms with Gasteiger partial charge in [-0.25, -0.2) is 0 Å². The second-order valence-electron chi connectivity index (χ2n) is 6.21. The first-order valence-electron chi connectivity index (χ1n) is 9.11. The fraction of sp³-hybridized carbons (Fsp3) is 0.0455. The number of nitrogens with zero attached hydrogens (tertiary/aromatic N) is 3. The molecule has 0 bridgehead atoms. The highest BCUT2D eigenvalue weighted by molar-refractivity contribution is 9.10. The molecule has 1 heterocycles. The van der Waals surface area contributed by atoms with Gasteiger partial charge in [-0.05, 0) is 42.5 Å². The molecule has 0 unspecified atom stereocenters. The van der Waals surface area contributed by atoms with Crippen LogP contribution in [0.5, 0.6) is 0 Å². The van der Waals surface area contributed by atoms with Gasteiger partial charge in [0.05, 0.1) is 17.1 Å². The molecule has 30 heavy (non-hydrogen) atoms. The predicted molar refractivity (Wildman–Crippen MR) is 121 cm³/mol. The van der Waals surface area contributed by atoms with Crippen LogP contribution in [0.1, 0.15) is 0 Å². The Morgan fingerprint density at radius 2 is 1.60 bits per heavy atom. The summed E-state index contributed by atoms with van der Waals surface area (Å²) < 4.78 is 6.60. The average molecular weight is 481 g/mol. The van der Waals surface area contributed by atoms with E-state index in [2.05, 4.69) is 31.6 Å². The molecule has 8 heteroatoms. The van der Waals surface area contributed by atoms with E-state index < -0.39 is 0 Å². The minimum Gasteiger partial charge on any atom is -0.411 e. The molecule has 1 aromatic heterocycles. The maximum atomic E-state index is 12.6. The number of nitrogens with one attached hydrogen (secondary N) is 1. The molecule has 1 amide bonds. The second-order valence-corrected chi connectivity index (χ2v) is 8.06. The molecule has 4 aromatic rings. The van der Waals surface area contributed by atoms with Crippen molar-refractivity contribution in [2.45, 2.75) is 5.22 Å². The highest BCUT2D eigenvalue weighted by atomic mass is 79.9. The summed E-state index contributed by atoms with van der Waals surface area (Å²) >= 11 is 4.61. The number of carbonyl (C=O) groups is 1. The minimum absolute atomic E-state index is 0.135. The summed E-state index contributed by atoms with van der Waals surface area (Å²) in [6.45, 7) is 0. The van der Waals surface area contributed by atoms with Crippen LogP contribution in [-0.4, -0.2) is 21.9 Å². The van der Waals surface area contributed by atoms with Gasteiger partial charge >= 0.3 is 0 Å². The summed E-state index contributed by atoms with van der Waals surface area (Å²) in [6.07, 6.45) is 0. The second kappa shape index (κ2) is 9.60. The zero-order valence-electron chi connectivity index (χ0n) is 15.7. The van der Waals surface area contributed by atoms with E-state index in [0.29, 0.717) is 11.1 Å². The van der Waals surface area contributed by atoms with Crippen LogP contribution >= 0.6 is 27.7 Å². The number of aromatic nitrogens is 2. The van der Waals surface area contributed by atoms with Crippen molar-refractivity contribution in [2.24, 2.45) is 0 Å². The highest BCUT2D eigenvalue weighted by Gasteiger charge is 2.15. The quantitative estimate of drug-likeness (QED) is 0.279. The van der Waals surface area contributed by atoms with Crippen LogP contribution in [0.4, 0.5) is 11.4 Å². The van der Waals surface area contributed by atoms with E-state index in [-0.39, 0.29) is 11.7 Å². The summed E-state index contributed by atoms with van der Waals surface area (Å²) in [5, 5.41) is 10.2. The molecule has 0 saturated carbocycles. The van der Waals surface area contributed by atoms with Gasteiger partial charge in [0, 0.05) is 10.0 Å². The third-order valence-corrected chi connectivity index (χ3v) is 5.38. The van der Waals surface area contributed by atoms with Crippen molar-refractivity contribution >= 4 is 45.0 Å². The van der Waals surface area contributed by atoms with Crippen molar-refractivity contribution in [1.82, 2.24) is 15.6 Å². The minimum atomic E-state index is -0.185. The lowest BCUT2D eigenvalue weighted by molar-refractivity contribution is -0.118. The fourth-order valence-electron chi connectivity index (χ4n) is 2.72. The Hall–Kier alpha value is -3.10. The standard InChI is InChI=1S/C22H17BrN4O2S/c23-17-9-7-8-16(14-17)21-24-25-22(29-21)30-15-20(28)26-27(18-10-3-1-4-11-18)19-12-5-2-6-13-19/h1-14H,15H2,(H,26,28). The summed E-state index contributed by atoms with van der Waals surface area (Å²) in [4.78, 5) is 12.6. The van der Waals surface area contributed by atoms with E-state index in [0.717, 1.165) is 21.4 Å². The van der Waals surface area contributed by atoms with Gasteiger partial charge in [-0.3, -0.25) is 15.2 Å². The lowest BCUT2D eigenvalue weighted by Gasteiger charge is -2.25. The summed E-state index contributed by atoms with van der Waals surface area (Å²) in [7, 11) is 0. The lowest BCUT2D eigenvalue weighted by Crippen LogP contribution is -2.39. The van der Waals surface area contributed by atoms with Gasteiger partial charge in [0.2, 0.25) is 11.8 Å². The van der Waals surface area contributed by atoms with Gasteiger partial charge in [0.1, 0.15) is 0 Å². The van der Waals surface area contributed by atoms with Crippen molar-refractivity contribution in [3.8, 4) is 11.5 Å². The van der Waals surface area contributed by atoms with Crippen LogP contribution in [-0.2, 0) is 4.79 Å². The van der Waals surface area contributed by atoms with Crippen LogP contribution in [0.25, 0.3) is 11.5 Å². The lowest BCUT2D eigenvalue weighted by atomic mass is 10.2. The van der Waals surface area contributed by atoms with Gasteiger partial charge in [0.15, 0.2) is 0 Å². The van der Waals surface area contributed by atoms with E-state index in [1.807, 2.05) is 84.9 Å². The summed E-state index contributed by atoms with van der Waals surface area (Å²) in [5.74, 6) is 0.361. The molecule has 0 atom stereocenters. The zero-order valence-corrected chi connectivity index (χ0v) is 18.1. The smallest absolute Gasteiger partial charge is 0.277 e. The van der Waals surface area contributed by atoms with Gasteiger partial charge in [-0.1, -0.05) is 70.2 Å². The van der Waals surface area contributed by atoms with Gasteiger partial charge in [0.25, 0.3) is 5.22 Å². The molecule has 0 radical (unpaired) electrons. The van der Waals surface area contributed by atoms with Gasteiger partial charge < -0.3 is 4.42 Å². The number of hydrogen-bond donors (Lipinski definition) is 1. The highest BCUT2D eigenvalue weighted by Crippen LogP contribution is 2.26. The molecule has 150 valence electrons. The zero-order chi connectivity index (χ0) is 20.8. The van der Waals surface area contributed by atoms with Crippen LogP contribution in [0, 0.1) is 0 Å². The molecule has 6 nitrogen and oxygen atoms in total. The molecular weight excluding hydrogens is 464 g/mol. The number of halogens is 1. The molecule has 0 saturated heterocycles. The molecule has 4 rings (SSSR count). The Bertz CT molecular complexity index is 1080. The fourth-order valence-corrected chi connectivity index (χ4v) is 3.68. The molecule has 1 N–H and O–H groups in total. The third kappa shape index (κ3) is 5.08. The number of hydrazine groups is 1. The maximum absolute atomic E-state index is 12.6. The Labute approximate surface area is 186 Å². The number of rotatable bonds is 7. The van der Waals surface area contributed by atoms with Crippen LogP contribution in [0.2, 0.25) is 0 Å². The van der Waals surface area contributed by atoms with Crippen molar-refractivity contribution < 1.29 is 9.21 Å². The number of para-hydroxylation sites is 2. The van der Waals surface area contributed by atoms with E-state index in [4.69, 9.17) is 4.42 Å². The Balaban J connectivity index is 1.42. The molecule has 0 fully saturated rings. The Morgan fingerprint density at radius 3 is 2.23 bits per heavy atom. The van der Waals surface area contributed by atoms with E-state index in [1.54, 1.807) is 5.01 Å². The molecule has 3 aromatic carbocycles. The Kier molecular flexibility index (Phi) is 6.46. The van der Waals surface area contributed by atoms with Crippen molar-refractivity contribution in [2.75, 3.05) is 10.8 Å². The van der Waals surface area contributed by atoms with Crippen molar-refractivity contribution in [3.63, 3.8) is 0 Å². The number of carbonyl (C=O) groups excluding carboxylic acids is 1. The Morgan fingerprint density at radius 1 is 0.933 bits per heavy atom. The van der Waals surface area contributed by atoms with Gasteiger partial charge in [-0.15, -0.1) is 10.2 Å². The predicted octanol–water partition coefficient (Wildman–Crippen LogP) is 5.46. The molecule has 0 aliphatic heterocycles. The van der Waals surface area contributed by atoms with E-state index in [9.17, 15) is 4.79 Å². The SMILES string of the molecule is O=C(CSc1nnc(-c2cccc(Br)c2)o1)NN(c1ccccc1)c1ccccc1. The number of anilines is 2. The van der Waals surface area contributed by atoms with E-state index >= 15 is 0 Å².